The Bertz CT molecular complexity index is 599. The summed E-state index contributed by atoms with van der Waals surface area (Å²) in [6.45, 7) is 4.04. The van der Waals surface area contributed by atoms with Crippen LogP contribution < -0.4 is 5.32 Å². The number of nitrogens with one attached hydrogen (secondary N) is 1. The van der Waals surface area contributed by atoms with Crippen LogP contribution in [0.1, 0.15) is 30.9 Å². The molecule has 1 saturated heterocycles. The summed E-state index contributed by atoms with van der Waals surface area (Å²) in [7, 11) is 0. The van der Waals surface area contributed by atoms with E-state index >= 15 is 0 Å². The molecule has 1 aliphatic rings. The third-order valence-electron chi connectivity index (χ3n) is 3.42. The van der Waals surface area contributed by atoms with Gasteiger partial charge in [-0.15, -0.1) is 11.8 Å². The smallest absolute Gasteiger partial charge is 0.433 e. The number of hydrogen-bond donors (Lipinski definition) is 1. The number of benzene rings is 1. The number of amides is 1. The standard InChI is InChI=1S/C16H19F3N2O2S/c1-10(2)23-15(22)21-7-13(14-8-20-9-24-14)11-4-3-5-12(6-11)16(17,18)19/h3-7,10,13-14,20H,8-9H2,1-2H3/b21-7+. The molecule has 24 heavy (non-hydrogen) atoms. The first-order valence-corrected chi connectivity index (χ1v) is 8.56. The maximum absolute atomic E-state index is 12.9. The highest BCUT2D eigenvalue weighted by Gasteiger charge is 2.32. The predicted octanol–water partition coefficient (Wildman–Crippen LogP) is 4.07. The Morgan fingerprint density at radius 2 is 2.21 bits per heavy atom. The van der Waals surface area contributed by atoms with E-state index < -0.39 is 23.8 Å². The average Bonchev–Trinajstić information content (AvgIpc) is 3.00. The van der Waals surface area contributed by atoms with Crippen molar-refractivity contribution in [1.29, 1.82) is 0 Å². The summed E-state index contributed by atoms with van der Waals surface area (Å²) >= 11 is 1.59. The number of hydrogen-bond acceptors (Lipinski definition) is 4. The van der Waals surface area contributed by atoms with Crippen LogP contribution in [-0.4, -0.2) is 36.1 Å². The monoisotopic (exact) mass is 360 g/mol. The van der Waals surface area contributed by atoms with Crippen molar-refractivity contribution in [3.05, 3.63) is 35.4 Å². The zero-order valence-corrected chi connectivity index (χ0v) is 14.2. The molecule has 1 N–H and O–H groups in total. The Kier molecular flexibility index (Phi) is 6.28. The van der Waals surface area contributed by atoms with Gasteiger partial charge < -0.3 is 10.1 Å². The molecule has 0 bridgehead atoms. The Morgan fingerprint density at radius 3 is 2.79 bits per heavy atom. The van der Waals surface area contributed by atoms with Gasteiger partial charge in [-0.3, -0.25) is 0 Å². The molecule has 0 radical (unpaired) electrons. The van der Waals surface area contributed by atoms with E-state index in [1.54, 1.807) is 31.7 Å². The van der Waals surface area contributed by atoms with Crippen LogP contribution in [0.4, 0.5) is 18.0 Å². The summed E-state index contributed by atoms with van der Waals surface area (Å²) in [5, 5.41) is 3.15. The van der Waals surface area contributed by atoms with E-state index in [1.807, 2.05) is 0 Å². The van der Waals surface area contributed by atoms with Crippen LogP contribution in [0.5, 0.6) is 0 Å². The third kappa shape index (κ3) is 5.24. The van der Waals surface area contributed by atoms with Crippen molar-refractivity contribution >= 4 is 24.1 Å². The normalized spacial score (nSPS) is 19.8. The second-order valence-electron chi connectivity index (χ2n) is 5.66. The minimum absolute atomic E-state index is 0.00378. The van der Waals surface area contributed by atoms with Gasteiger partial charge in [0.1, 0.15) is 0 Å². The number of halogens is 3. The van der Waals surface area contributed by atoms with Gasteiger partial charge in [-0.1, -0.05) is 18.2 Å². The molecule has 0 spiro atoms. The van der Waals surface area contributed by atoms with Crippen LogP contribution >= 0.6 is 11.8 Å². The topological polar surface area (TPSA) is 50.7 Å². The number of ether oxygens (including phenoxy) is 1. The summed E-state index contributed by atoms with van der Waals surface area (Å²) in [5.74, 6) is 0.303. The molecule has 2 rings (SSSR count). The molecule has 1 heterocycles. The lowest BCUT2D eigenvalue weighted by molar-refractivity contribution is -0.137. The minimum atomic E-state index is -4.41. The molecule has 8 heteroatoms. The molecule has 4 nitrogen and oxygen atoms in total. The van der Waals surface area contributed by atoms with Crippen molar-refractivity contribution in [2.24, 2.45) is 4.99 Å². The van der Waals surface area contributed by atoms with E-state index in [1.165, 1.54) is 12.3 Å². The summed E-state index contributed by atoms with van der Waals surface area (Å²) in [6.07, 6.45) is -4.05. The van der Waals surface area contributed by atoms with Crippen LogP contribution in [0, 0.1) is 0 Å². The number of thioether (sulfide) groups is 1. The maximum atomic E-state index is 12.9. The molecule has 1 aromatic rings. The number of carbonyl (C=O) groups excluding carboxylic acids is 1. The summed E-state index contributed by atoms with van der Waals surface area (Å²) in [6, 6.07) is 5.14. The summed E-state index contributed by atoms with van der Waals surface area (Å²) in [5.41, 5.74) is -0.230. The molecule has 132 valence electrons. The van der Waals surface area contributed by atoms with Crippen molar-refractivity contribution in [2.45, 2.75) is 37.3 Å². The minimum Gasteiger partial charge on any atom is -0.445 e. The summed E-state index contributed by atoms with van der Waals surface area (Å²) in [4.78, 5) is 15.4. The zero-order chi connectivity index (χ0) is 17.7. The highest BCUT2D eigenvalue weighted by molar-refractivity contribution is 8.00. The molecule has 0 aromatic heterocycles. The van der Waals surface area contributed by atoms with E-state index in [-0.39, 0.29) is 11.4 Å². The molecule has 2 atom stereocenters. The molecular weight excluding hydrogens is 341 g/mol. The second-order valence-corrected chi connectivity index (χ2v) is 6.89. The number of alkyl halides is 3. The number of aliphatic imine (C=N–C) groups is 1. The molecule has 0 saturated carbocycles. The van der Waals surface area contributed by atoms with Crippen LogP contribution in [0.3, 0.4) is 0 Å². The van der Waals surface area contributed by atoms with Gasteiger partial charge >= 0.3 is 12.3 Å². The fourth-order valence-corrected chi connectivity index (χ4v) is 3.47. The molecule has 1 amide bonds. The number of carbonyl (C=O) groups is 1. The van der Waals surface area contributed by atoms with Gasteiger partial charge in [-0.05, 0) is 25.5 Å². The Labute approximate surface area is 142 Å². The Balaban J connectivity index is 2.26. The van der Waals surface area contributed by atoms with Gasteiger partial charge in [0.25, 0.3) is 0 Å². The third-order valence-corrected chi connectivity index (χ3v) is 4.68. The maximum Gasteiger partial charge on any atom is 0.433 e. The molecule has 0 aliphatic carbocycles. The van der Waals surface area contributed by atoms with Crippen molar-refractivity contribution in [3.8, 4) is 0 Å². The van der Waals surface area contributed by atoms with E-state index in [0.717, 1.165) is 12.1 Å². The second kappa shape index (κ2) is 8.02. The molecule has 1 aromatic carbocycles. The van der Waals surface area contributed by atoms with Gasteiger partial charge in [0, 0.05) is 29.8 Å². The number of rotatable bonds is 4. The summed E-state index contributed by atoms with van der Waals surface area (Å²) < 4.78 is 43.8. The van der Waals surface area contributed by atoms with Crippen LogP contribution in [-0.2, 0) is 10.9 Å². The van der Waals surface area contributed by atoms with Crippen molar-refractivity contribution in [2.75, 3.05) is 12.4 Å². The molecule has 1 aliphatic heterocycles. The SMILES string of the molecule is CC(C)OC(=O)/N=C/C(c1cccc(C(F)(F)F)c1)C1CNCS1. The fourth-order valence-electron chi connectivity index (χ4n) is 2.35. The van der Waals surface area contributed by atoms with Gasteiger partial charge in [-0.2, -0.15) is 18.2 Å². The highest BCUT2D eigenvalue weighted by Crippen LogP contribution is 2.34. The Morgan fingerprint density at radius 1 is 1.46 bits per heavy atom. The Hall–Kier alpha value is -1.54. The lowest BCUT2D eigenvalue weighted by atomic mass is 9.94. The van der Waals surface area contributed by atoms with Crippen LogP contribution in [0.2, 0.25) is 0 Å². The largest absolute Gasteiger partial charge is 0.445 e. The van der Waals surface area contributed by atoms with Gasteiger partial charge in [0.15, 0.2) is 0 Å². The van der Waals surface area contributed by atoms with E-state index in [0.29, 0.717) is 18.0 Å². The lowest BCUT2D eigenvalue weighted by Gasteiger charge is -2.20. The first-order valence-electron chi connectivity index (χ1n) is 7.51. The molecule has 2 unspecified atom stereocenters. The quantitative estimate of drug-likeness (QED) is 0.823. The van der Waals surface area contributed by atoms with Crippen LogP contribution in [0.15, 0.2) is 29.3 Å². The first-order chi connectivity index (χ1) is 11.3. The molecular formula is C16H19F3N2O2S. The van der Waals surface area contributed by atoms with E-state index in [4.69, 9.17) is 4.74 Å². The highest BCUT2D eigenvalue weighted by atomic mass is 32.2. The molecule has 1 fully saturated rings. The van der Waals surface area contributed by atoms with Crippen molar-refractivity contribution < 1.29 is 22.7 Å². The zero-order valence-electron chi connectivity index (χ0n) is 13.3. The van der Waals surface area contributed by atoms with Gasteiger partial charge in [0.05, 0.1) is 11.7 Å². The first kappa shape index (κ1) is 18.8. The van der Waals surface area contributed by atoms with Crippen molar-refractivity contribution in [1.82, 2.24) is 5.32 Å². The van der Waals surface area contributed by atoms with E-state index in [9.17, 15) is 18.0 Å². The van der Waals surface area contributed by atoms with Gasteiger partial charge in [-0.25, -0.2) is 4.79 Å². The van der Waals surface area contributed by atoms with Crippen molar-refractivity contribution in [3.63, 3.8) is 0 Å². The number of nitrogens with zero attached hydrogens (tertiary/aromatic N) is 1. The van der Waals surface area contributed by atoms with Gasteiger partial charge in [0.2, 0.25) is 0 Å². The average molecular weight is 360 g/mol. The predicted molar refractivity (Wildman–Crippen MR) is 88.5 cm³/mol. The fraction of sp³-hybridized carbons (Fsp3) is 0.500. The van der Waals surface area contributed by atoms with Crippen LogP contribution in [0.25, 0.3) is 0 Å². The van der Waals surface area contributed by atoms with E-state index in [2.05, 4.69) is 10.3 Å². The lowest BCUT2D eigenvalue weighted by Crippen LogP contribution is -2.22.